The normalized spacial score (nSPS) is 11.5. The lowest BCUT2D eigenvalue weighted by molar-refractivity contribution is 0.571. The van der Waals surface area contributed by atoms with Crippen LogP contribution in [0.25, 0.3) is 0 Å². The summed E-state index contributed by atoms with van der Waals surface area (Å²) in [6, 6.07) is 0. The van der Waals surface area contributed by atoms with Crippen LogP contribution in [0.4, 0.5) is 0 Å². The van der Waals surface area contributed by atoms with E-state index < -0.39 is 0 Å². The van der Waals surface area contributed by atoms with Crippen molar-refractivity contribution in [3.8, 4) is 12.3 Å². The number of hydrogen-bond donors (Lipinski definition) is 0. The van der Waals surface area contributed by atoms with Gasteiger partial charge < -0.3 is 0 Å². The quantitative estimate of drug-likeness (QED) is 0.391. The SMILES string of the molecule is [2H]C#CC(C)(C)C. The maximum absolute atomic E-state index is 6.50. The maximum Gasteiger partial charge on any atom is 0.124 e. The Hall–Kier alpha value is -0.440. The molecule has 0 atom stereocenters. The van der Waals surface area contributed by atoms with E-state index in [1.54, 1.807) is 0 Å². The van der Waals surface area contributed by atoms with E-state index in [-0.39, 0.29) is 5.41 Å². The van der Waals surface area contributed by atoms with Crippen LogP contribution in [0.3, 0.4) is 0 Å². The lowest BCUT2D eigenvalue weighted by atomic mass is 9.99. The standard InChI is InChI=1S/C6H10/c1-5-6(2,3)4/h1H,2-4H3/i1D. The van der Waals surface area contributed by atoms with Crippen molar-refractivity contribution in [2.45, 2.75) is 20.8 Å². The first kappa shape index (κ1) is 3.74. The summed E-state index contributed by atoms with van der Waals surface area (Å²) in [6.45, 7) is 5.94. The highest BCUT2D eigenvalue weighted by Crippen LogP contribution is 2.08. The van der Waals surface area contributed by atoms with Crippen LogP contribution in [-0.2, 0) is 0 Å². The van der Waals surface area contributed by atoms with Gasteiger partial charge in [-0.1, -0.05) is 0 Å². The molecule has 0 aromatic heterocycles. The Bertz CT molecular complexity index is 97.6. The van der Waals surface area contributed by atoms with E-state index in [0.29, 0.717) is 0 Å². The number of hydrogen-bond acceptors (Lipinski definition) is 0. The predicted molar refractivity (Wildman–Crippen MR) is 28.3 cm³/mol. The van der Waals surface area contributed by atoms with Gasteiger partial charge >= 0.3 is 0 Å². The van der Waals surface area contributed by atoms with Crippen molar-refractivity contribution >= 4 is 0 Å². The molecule has 34 valence electrons. The first-order valence-corrected chi connectivity index (χ1v) is 2.00. The van der Waals surface area contributed by atoms with Gasteiger partial charge in [0.05, 0.1) is 0 Å². The third-order valence-corrected chi connectivity index (χ3v) is 0.375. The summed E-state index contributed by atoms with van der Waals surface area (Å²) in [5.74, 6) is 2.70. The van der Waals surface area contributed by atoms with Crippen LogP contribution in [0.5, 0.6) is 0 Å². The monoisotopic (exact) mass is 83.1 g/mol. The topological polar surface area (TPSA) is 0 Å². The molecule has 0 aliphatic rings. The molecule has 0 bridgehead atoms. The second-order valence-electron chi connectivity index (χ2n) is 2.38. The molecule has 0 aliphatic heterocycles. The Morgan fingerprint density at radius 3 is 2.17 bits per heavy atom. The Labute approximate surface area is 41.0 Å². The zero-order valence-electron chi connectivity index (χ0n) is 5.50. The highest BCUT2D eigenvalue weighted by Gasteiger charge is 2.00. The summed E-state index contributed by atoms with van der Waals surface area (Å²) in [7, 11) is 0. The molecule has 0 nitrogen and oxygen atoms in total. The lowest BCUT2D eigenvalue weighted by Crippen LogP contribution is -1.97. The summed E-state index contributed by atoms with van der Waals surface area (Å²) in [5.41, 5.74) is 0.00174. The van der Waals surface area contributed by atoms with E-state index in [0.717, 1.165) is 0 Å². The van der Waals surface area contributed by atoms with E-state index in [2.05, 4.69) is 12.3 Å². The van der Waals surface area contributed by atoms with Crippen molar-refractivity contribution in [1.82, 2.24) is 0 Å². The van der Waals surface area contributed by atoms with Crippen LogP contribution in [0.15, 0.2) is 0 Å². The minimum absolute atomic E-state index is 0.00174. The van der Waals surface area contributed by atoms with Gasteiger partial charge in [-0.05, 0) is 20.8 Å². The zero-order chi connectivity index (χ0) is 5.91. The van der Waals surface area contributed by atoms with Crippen molar-refractivity contribution in [2.24, 2.45) is 5.41 Å². The molecule has 0 rings (SSSR count). The molecule has 0 heterocycles. The average molecular weight is 83.2 g/mol. The molecule has 0 amide bonds. The van der Waals surface area contributed by atoms with Gasteiger partial charge in [0.25, 0.3) is 0 Å². The second-order valence-corrected chi connectivity index (χ2v) is 2.38. The number of terminal acetylenes is 1. The fourth-order valence-corrected chi connectivity index (χ4v) is 0. The highest BCUT2D eigenvalue weighted by molar-refractivity contribution is 4.96. The molecule has 0 saturated heterocycles. The Kier molecular flexibility index (Phi) is 0.837. The van der Waals surface area contributed by atoms with Crippen molar-refractivity contribution in [1.29, 1.82) is 0 Å². The molecule has 0 radical (unpaired) electrons. The minimum atomic E-state index is 0.00174. The summed E-state index contributed by atoms with van der Waals surface area (Å²) >= 11 is 0. The van der Waals surface area contributed by atoms with Gasteiger partial charge in [-0.15, -0.1) is 12.3 Å². The maximum atomic E-state index is 6.50. The van der Waals surface area contributed by atoms with Gasteiger partial charge in [-0.25, -0.2) is 0 Å². The van der Waals surface area contributed by atoms with Crippen LogP contribution in [0.2, 0.25) is 0 Å². The van der Waals surface area contributed by atoms with Crippen molar-refractivity contribution in [3.05, 3.63) is 0 Å². The Morgan fingerprint density at radius 1 is 1.67 bits per heavy atom. The molecule has 0 aromatic carbocycles. The third-order valence-electron chi connectivity index (χ3n) is 0.375. The molecule has 0 fully saturated rings. The fourth-order valence-electron chi connectivity index (χ4n) is 0. The van der Waals surface area contributed by atoms with Gasteiger partial charge in [0.1, 0.15) is 1.37 Å². The van der Waals surface area contributed by atoms with Crippen LogP contribution in [0.1, 0.15) is 22.1 Å². The van der Waals surface area contributed by atoms with Gasteiger partial charge in [0.2, 0.25) is 0 Å². The fraction of sp³-hybridized carbons (Fsp3) is 0.667. The van der Waals surface area contributed by atoms with Gasteiger partial charge in [0.15, 0.2) is 0 Å². The van der Waals surface area contributed by atoms with E-state index >= 15 is 0 Å². The summed E-state index contributed by atoms with van der Waals surface area (Å²) < 4.78 is 6.50. The molecule has 6 heavy (non-hydrogen) atoms. The van der Waals surface area contributed by atoms with Crippen molar-refractivity contribution in [2.75, 3.05) is 0 Å². The average Bonchev–Trinajstić information content (AvgIpc) is 1.30. The molecule has 0 spiro atoms. The van der Waals surface area contributed by atoms with Gasteiger partial charge in [0, 0.05) is 5.41 Å². The lowest BCUT2D eigenvalue weighted by Gasteiger charge is -2.04. The van der Waals surface area contributed by atoms with Gasteiger partial charge in [-0.3, -0.25) is 0 Å². The van der Waals surface area contributed by atoms with Crippen molar-refractivity contribution < 1.29 is 1.37 Å². The molecular weight excluding hydrogens is 72.1 g/mol. The van der Waals surface area contributed by atoms with E-state index in [4.69, 9.17) is 1.37 Å². The van der Waals surface area contributed by atoms with Crippen LogP contribution >= 0.6 is 0 Å². The highest BCUT2D eigenvalue weighted by atomic mass is 14.0. The van der Waals surface area contributed by atoms with Crippen molar-refractivity contribution in [3.63, 3.8) is 0 Å². The van der Waals surface area contributed by atoms with Crippen LogP contribution in [-0.4, -0.2) is 0 Å². The van der Waals surface area contributed by atoms with E-state index in [1.165, 1.54) is 0 Å². The molecule has 0 N–H and O–H groups in total. The smallest absolute Gasteiger partial charge is 0.120 e. The third kappa shape index (κ3) is 3.56. The Morgan fingerprint density at radius 2 is 2.17 bits per heavy atom. The summed E-state index contributed by atoms with van der Waals surface area (Å²) in [4.78, 5) is 0. The van der Waals surface area contributed by atoms with E-state index in [1.807, 2.05) is 20.8 Å². The molecule has 0 aromatic rings. The predicted octanol–water partition coefficient (Wildman–Crippen LogP) is 1.67. The van der Waals surface area contributed by atoms with Crippen LogP contribution in [0, 0.1) is 17.7 Å². The second kappa shape index (κ2) is 1.34. The zero-order valence-corrected chi connectivity index (χ0v) is 4.50. The number of rotatable bonds is 0. The molecule has 0 aliphatic carbocycles. The van der Waals surface area contributed by atoms with Crippen LogP contribution < -0.4 is 0 Å². The first-order chi connectivity index (χ1) is 3.06. The molecule has 0 unspecified atom stereocenters. The molecule has 0 saturated carbocycles. The van der Waals surface area contributed by atoms with Gasteiger partial charge in [-0.2, -0.15) is 0 Å². The molecule has 0 heteroatoms. The first-order valence-electron chi connectivity index (χ1n) is 2.50. The summed E-state index contributed by atoms with van der Waals surface area (Å²) in [6.07, 6.45) is 2.11. The minimum Gasteiger partial charge on any atom is -0.120 e. The Balaban J connectivity index is 3.72. The van der Waals surface area contributed by atoms with E-state index in [9.17, 15) is 0 Å². The molecular formula is C6H10. The largest absolute Gasteiger partial charge is 0.124 e. The summed E-state index contributed by atoms with van der Waals surface area (Å²) in [5, 5.41) is 0.